The fraction of sp³-hybridized carbons (Fsp3) is 0.353. The Morgan fingerprint density at radius 2 is 1.96 bits per heavy atom. The zero-order valence-electron chi connectivity index (χ0n) is 14.0. The van der Waals surface area contributed by atoms with Gasteiger partial charge in [0.25, 0.3) is 0 Å². The summed E-state index contributed by atoms with van der Waals surface area (Å²) in [6.45, 7) is 1.93. The van der Waals surface area contributed by atoms with Gasteiger partial charge in [0, 0.05) is 18.8 Å². The summed E-state index contributed by atoms with van der Waals surface area (Å²) in [5.74, 6) is -0.108. The molecule has 1 aliphatic heterocycles. The summed E-state index contributed by atoms with van der Waals surface area (Å²) in [7, 11) is -3.64. The summed E-state index contributed by atoms with van der Waals surface area (Å²) in [5.41, 5.74) is 6.49. The lowest BCUT2D eigenvalue weighted by molar-refractivity contribution is 0.577. The molecule has 134 valence electrons. The van der Waals surface area contributed by atoms with Crippen LogP contribution in [0.2, 0.25) is 0 Å². The molecule has 0 amide bonds. The fourth-order valence-electron chi connectivity index (χ4n) is 2.95. The Morgan fingerprint density at radius 1 is 1.24 bits per heavy atom. The van der Waals surface area contributed by atoms with Gasteiger partial charge in [0.1, 0.15) is 5.84 Å². The Morgan fingerprint density at radius 3 is 2.60 bits per heavy atom. The van der Waals surface area contributed by atoms with E-state index in [0.29, 0.717) is 14.0 Å². The van der Waals surface area contributed by atoms with E-state index in [9.17, 15) is 8.42 Å². The van der Waals surface area contributed by atoms with Gasteiger partial charge < -0.3 is 10.6 Å². The maximum atomic E-state index is 13.1. The van der Waals surface area contributed by atoms with Crippen LogP contribution in [0.5, 0.6) is 0 Å². The second-order valence-corrected chi connectivity index (χ2v) is 9.97. The number of benzene rings is 1. The molecular weight excluding hydrogens is 374 g/mol. The van der Waals surface area contributed by atoms with Gasteiger partial charge in [-0.1, -0.05) is 6.07 Å². The first-order valence-corrected chi connectivity index (χ1v) is 11.6. The third kappa shape index (κ3) is 3.70. The number of thioether (sulfide) groups is 1. The summed E-state index contributed by atoms with van der Waals surface area (Å²) in [5, 5.41) is 7.58. The van der Waals surface area contributed by atoms with Gasteiger partial charge in [-0.3, -0.25) is 5.41 Å². The lowest BCUT2D eigenvalue weighted by atomic mass is 10.1. The minimum Gasteiger partial charge on any atom is -0.383 e. The van der Waals surface area contributed by atoms with Gasteiger partial charge in [0.2, 0.25) is 9.84 Å². The average Bonchev–Trinajstić information content (AvgIpc) is 3.08. The maximum absolute atomic E-state index is 13.1. The molecule has 0 atom stereocenters. The standard InChI is InChI=1S/C17H21N3O2S3/c1-23-17-15(11-14(24-17)16(18)19)25(21,22)13-7-5-6-12(10-13)20-8-3-2-4-9-20/h5-7,10-11H,2-4,8-9H2,1H3,(H3,18,19). The summed E-state index contributed by atoms with van der Waals surface area (Å²) < 4.78 is 27.0. The van der Waals surface area contributed by atoms with Crippen LogP contribution < -0.4 is 10.6 Å². The average molecular weight is 396 g/mol. The first-order valence-electron chi connectivity index (χ1n) is 8.06. The second kappa shape index (κ2) is 7.39. The summed E-state index contributed by atoms with van der Waals surface area (Å²) in [6.07, 6.45) is 5.34. The normalized spacial score (nSPS) is 15.3. The van der Waals surface area contributed by atoms with E-state index in [0.717, 1.165) is 31.6 Å². The summed E-state index contributed by atoms with van der Waals surface area (Å²) >= 11 is 2.61. The van der Waals surface area contributed by atoms with Crippen LogP contribution in [0, 0.1) is 5.41 Å². The van der Waals surface area contributed by atoms with Crippen molar-refractivity contribution in [2.75, 3.05) is 24.2 Å². The molecular formula is C17H21N3O2S3. The Hall–Kier alpha value is -1.51. The van der Waals surface area contributed by atoms with Crippen LogP contribution in [0.1, 0.15) is 24.1 Å². The Bertz CT molecular complexity index is 884. The summed E-state index contributed by atoms with van der Waals surface area (Å²) in [4.78, 5) is 3.26. The summed E-state index contributed by atoms with van der Waals surface area (Å²) in [6, 6.07) is 8.68. The zero-order chi connectivity index (χ0) is 18.0. The molecule has 1 aromatic heterocycles. The molecule has 0 radical (unpaired) electrons. The molecule has 2 aromatic rings. The molecule has 0 bridgehead atoms. The van der Waals surface area contributed by atoms with Gasteiger partial charge in [-0.2, -0.15) is 0 Å². The Kier molecular flexibility index (Phi) is 5.41. The minimum atomic E-state index is -3.64. The van der Waals surface area contributed by atoms with Gasteiger partial charge in [-0.15, -0.1) is 23.1 Å². The molecule has 5 nitrogen and oxygen atoms in total. The van der Waals surface area contributed by atoms with Crippen LogP contribution in [-0.4, -0.2) is 33.6 Å². The van der Waals surface area contributed by atoms with E-state index in [4.69, 9.17) is 11.1 Å². The molecule has 2 heterocycles. The minimum absolute atomic E-state index is 0.108. The number of piperidine rings is 1. The molecule has 3 rings (SSSR count). The fourth-order valence-corrected chi connectivity index (χ4v) is 6.84. The third-order valence-corrected chi connectivity index (χ3v) is 8.59. The van der Waals surface area contributed by atoms with Crippen LogP contribution in [0.3, 0.4) is 0 Å². The molecule has 1 saturated heterocycles. The van der Waals surface area contributed by atoms with Crippen LogP contribution in [-0.2, 0) is 9.84 Å². The topological polar surface area (TPSA) is 87.2 Å². The smallest absolute Gasteiger partial charge is 0.208 e. The molecule has 1 fully saturated rings. The van der Waals surface area contributed by atoms with Crippen molar-refractivity contribution in [2.24, 2.45) is 5.73 Å². The van der Waals surface area contributed by atoms with E-state index in [1.54, 1.807) is 18.2 Å². The number of rotatable bonds is 5. The van der Waals surface area contributed by atoms with Gasteiger partial charge in [0.15, 0.2) is 0 Å². The van der Waals surface area contributed by atoms with Crippen molar-refractivity contribution in [3.05, 3.63) is 35.2 Å². The van der Waals surface area contributed by atoms with E-state index < -0.39 is 9.84 Å². The third-order valence-electron chi connectivity index (χ3n) is 4.26. The second-order valence-electron chi connectivity index (χ2n) is 5.93. The number of nitrogens with one attached hydrogen (secondary N) is 1. The van der Waals surface area contributed by atoms with E-state index in [-0.39, 0.29) is 10.7 Å². The van der Waals surface area contributed by atoms with Gasteiger partial charge in [-0.05, 0) is 49.8 Å². The molecule has 1 aromatic carbocycles. The number of sulfone groups is 1. The number of nitrogens with zero attached hydrogens (tertiary/aromatic N) is 1. The largest absolute Gasteiger partial charge is 0.383 e. The Labute approximate surface area is 156 Å². The van der Waals surface area contributed by atoms with Gasteiger partial charge in [0.05, 0.1) is 18.9 Å². The SMILES string of the molecule is CSc1sc(C(=N)N)cc1S(=O)(=O)c1cccc(N2CCCCC2)c1. The van der Waals surface area contributed by atoms with Crippen molar-refractivity contribution < 1.29 is 8.42 Å². The number of nitrogens with two attached hydrogens (primary N) is 1. The lowest BCUT2D eigenvalue weighted by Crippen LogP contribution is -2.29. The van der Waals surface area contributed by atoms with Gasteiger partial charge in [-0.25, -0.2) is 8.42 Å². The quantitative estimate of drug-likeness (QED) is 0.459. The number of nitrogen functional groups attached to an aromatic ring is 1. The molecule has 25 heavy (non-hydrogen) atoms. The first-order chi connectivity index (χ1) is 11.9. The molecule has 1 aliphatic rings. The van der Waals surface area contributed by atoms with E-state index in [1.807, 2.05) is 12.3 Å². The predicted octanol–water partition coefficient (Wildman–Crippen LogP) is 3.58. The van der Waals surface area contributed by atoms with E-state index in [1.165, 1.54) is 35.6 Å². The lowest BCUT2D eigenvalue weighted by Gasteiger charge is -2.29. The number of anilines is 1. The molecule has 0 aliphatic carbocycles. The number of amidine groups is 1. The maximum Gasteiger partial charge on any atom is 0.208 e. The van der Waals surface area contributed by atoms with Crippen LogP contribution in [0.25, 0.3) is 0 Å². The monoisotopic (exact) mass is 395 g/mol. The predicted molar refractivity (Wildman–Crippen MR) is 105 cm³/mol. The molecule has 0 saturated carbocycles. The first kappa shape index (κ1) is 18.3. The van der Waals surface area contributed by atoms with Crippen molar-refractivity contribution in [1.29, 1.82) is 5.41 Å². The van der Waals surface area contributed by atoms with Crippen LogP contribution in [0.15, 0.2) is 44.3 Å². The van der Waals surface area contributed by atoms with Crippen molar-refractivity contribution in [3.63, 3.8) is 0 Å². The number of hydrogen-bond donors (Lipinski definition) is 2. The van der Waals surface area contributed by atoms with Crippen molar-refractivity contribution >= 4 is 44.5 Å². The van der Waals surface area contributed by atoms with E-state index in [2.05, 4.69) is 4.90 Å². The van der Waals surface area contributed by atoms with Crippen molar-refractivity contribution in [1.82, 2.24) is 0 Å². The molecule has 3 N–H and O–H groups in total. The highest BCUT2D eigenvalue weighted by Gasteiger charge is 2.25. The highest BCUT2D eigenvalue weighted by molar-refractivity contribution is 8.01. The van der Waals surface area contributed by atoms with Crippen LogP contribution >= 0.6 is 23.1 Å². The van der Waals surface area contributed by atoms with Crippen molar-refractivity contribution in [3.8, 4) is 0 Å². The molecule has 0 unspecified atom stereocenters. The zero-order valence-corrected chi connectivity index (χ0v) is 16.4. The van der Waals surface area contributed by atoms with Gasteiger partial charge >= 0.3 is 0 Å². The van der Waals surface area contributed by atoms with Crippen molar-refractivity contribution in [2.45, 2.75) is 33.3 Å². The number of thiophene rings is 1. The van der Waals surface area contributed by atoms with Crippen LogP contribution in [0.4, 0.5) is 5.69 Å². The van der Waals surface area contributed by atoms with E-state index >= 15 is 0 Å². The molecule has 8 heteroatoms. The molecule has 0 spiro atoms. The Balaban J connectivity index is 2.01. The number of hydrogen-bond acceptors (Lipinski definition) is 6. The highest BCUT2D eigenvalue weighted by Crippen LogP contribution is 2.37. The highest BCUT2D eigenvalue weighted by atomic mass is 32.2.